The summed E-state index contributed by atoms with van der Waals surface area (Å²) in [5.41, 5.74) is 1.34. The number of hydrogen-bond donors (Lipinski definition) is 2. The number of rotatable bonds is 8. The van der Waals surface area contributed by atoms with Crippen LogP contribution in [0.3, 0.4) is 0 Å². The quantitative estimate of drug-likeness (QED) is 0.0949. The molecule has 0 fully saturated rings. The maximum absolute atomic E-state index is 13.3. The van der Waals surface area contributed by atoms with Gasteiger partial charge < -0.3 is 19.7 Å². The van der Waals surface area contributed by atoms with Gasteiger partial charge in [-0.3, -0.25) is 0 Å². The zero-order chi connectivity index (χ0) is 26.0. The summed E-state index contributed by atoms with van der Waals surface area (Å²) < 4.78 is 94.1. The van der Waals surface area contributed by atoms with Crippen LogP contribution in [0.25, 0.3) is 0 Å². The molecule has 0 spiro atoms. The Bertz CT molecular complexity index is 1520. The van der Waals surface area contributed by atoms with Crippen molar-refractivity contribution in [1.29, 1.82) is 0 Å². The van der Waals surface area contributed by atoms with E-state index < -0.39 is 43.0 Å². The smallest absolute Gasteiger partial charge is 0.747 e. The van der Waals surface area contributed by atoms with Crippen molar-refractivity contribution in [2.75, 3.05) is 16.5 Å². The zero-order valence-electron chi connectivity index (χ0n) is 20.0. The molecule has 0 unspecified atom stereocenters. The third-order valence-corrected chi connectivity index (χ3v) is 5.80. The summed E-state index contributed by atoms with van der Waals surface area (Å²) in [6.07, 6.45) is -1.33. The van der Waals surface area contributed by atoms with E-state index in [4.69, 9.17) is 0 Å². The third-order valence-electron chi connectivity index (χ3n) is 4.42. The molecule has 2 N–H and O–H groups in total. The van der Waals surface area contributed by atoms with Crippen LogP contribution in [-0.4, -0.2) is 41.8 Å². The van der Waals surface area contributed by atoms with Gasteiger partial charge in [0.2, 0.25) is 5.95 Å². The number of nitrogens with one attached hydrogen (secondary N) is 2. The van der Waals surface area contributed by atoms with Gasteiger partial charge in [0.15, 0.2) is 0 Å². The monoisotopic (exact) mass is 572 g/mol. The SMILES string of the molecule is Cc1cc(NCS(=O)(=O)[O-])c(C)cc1N=Nc1cc(Nc2cc(F)nc(F)n2)ccc1S(=O)(=O)[O-].[Na+].[Na+]. The van der Waals surface area contributed by atoms with Gasteiger partial charge in [-0.05, 0) is 55.3 Å². The molecule has 0 bridgehead atoms. The molecule has 12 nitrogen and oxygen atoms in total. The van der Waals surface area contributed by atoms with Crippen LogP contribution in [0.5, 0.6) is 0 Å². The van der Waals surface area contributed by atoms with Crippen molar-refractivity contribution in [3.63, 3.8) is 0 Å². The molecule has 1 aromatic heterocycles. The van der Waals surface area contributed by atoms with E-state index in [9.17, 15) is 34.7 Å². The van der Waals surface area contributed by atoms with E-state index in [0.717, 1.165) is 18.2 Å². The van der Waals surface area contributed by atoms with Crippen molar-refractivity contribution in [2.24, 2.45) is 10.2 Å². The average molecular weight is 572 g/mol. The van der Waals surface area contributed by atoms with Gasteiger partial charge in [0.05, 0.1) is 10.6 Å². The third kappa shape index (κ3) is 9.90. The molecule has 0 amide bonds. The summed E-state index contributed by atoms with van der Waals surface area (Å²) in [4.78, 5) is 5.52. The molecule has 0 saturated carbocycles. The minimum Gasteiger partial charge on any atom is -0.747 e. The summed E-state index contributed by atoms with van der Waals surface area (Å²) in [6.45, 7) is 3.21. The summed E-state index contributed by atoms with van der Waals surface area (Å²) in [7, 11) is -9.46. The first-order valence-electron chi connectivity index (χ1n) is 9.49. The summed E-state index contributed by atoms with van der Waals surface area (Å²) in [5.74, 6) is -2.24. The maximum atomic E-state index is 13.3. The first kappa shape index (κ1) is 33.4. The van der Waals surface area contributed by atoms with Gasteiger partial charge in [-0.2, -0.15) is 23.9 Å². The van der Waals surface area contributed by atoms with Crippen LogP contribution in [0, 0.1) is 25.9 Å². The van der Waals surface area contributed by atoms with E-state index in [2.05, 4.69) is 30.8 Å². The largest absolute Gasteiger partial charge is 1.00 e. The predicted octanol–water partition coefficient (Wildman–Crippen LogP) is -2.64. The standard InChI is InChI=1S/C19H18F2N6O6S2.2Na/c1-10-6-14(11(2)5-13(10)22-9-34(28,29)30)26-27-15-7-12(3-4-16(15)35(31,32)33)23-18-8-17(20)24-19(21)25-18;;/h3-8,22H,9H2,1-2H3,(H,23,24,25)(H,28,29,30)(H,31,32,33);;/q;2*+1/p-2. The van der Waals surface area contributed by atoms with E-state index in [1.807, 2.05) is 0 Å². The van der Waals surface area contributed by atoms with Crippen molar-refractivity contribution >= 4 is 48.8 Å². The number of halogens is 2. The minimum atomic E-state index is -4.96. The van der Waals surface area contributed by atoms with Crippen LogP contribution >= 0.6 is 0 Å². The van der Waals surface area contributed by atoms with Crippen LogP contribution in [0.4, 0.5) is 37.3 Å². The molecule has 2 aromatic carbocycles. The molecule has 1 heterocycles. The molecule has 3 aromatic rings. The number of benzene rings is 2. The Balaban J connectivity index is 0.00000342. The fraction of sp³-hybridized carbons (Fsp3) is 0.158. The van der Waals surface area contributed by atoms with E-state index in [0.29, 0.717) is 16.8 Å². The van der Waals surface area contributed by atoms with Gasteiger partial charge >= 0.3 is 65.2 Å². The van der Waals surface area contributed by atoms with Crippen LogP contribution in [0.2, 0.25) is 0 Å². The number of nitrogens with zero attached hydrogens (tertiary/aromatic N) is 4. The Labute approximate surface area is 255 Å². The molecule has 3 rings (SSSR count). The molecule has 0 aliphatic rings. The van der Waals surface area contributed by atoms with E-state index in [1.54, 1.807) is 13.8 Å². The molecule has 18 heteroatoms. The second kappa shape index (κ2) is 13.5. The number of hydrogen-bond acceptors (Lipinski definition) is 12. The van der Waals surface area contributed by atoms with Crippen molar-refractivity contribution < 1.29 is 93.8 Å². The van der Waals surface area contributed by atoms with Gasteiger partial charge in [0.25, 0.3) is 0 Å². The summed E-state index contributed by atoms with van der Waals surface area (Å²) in [5, 5.41) is 12.9. The zero-order valence-corrected chi connectivity index (χ0v) is 25.6. The fourth-order valence-corrected chi connectivity index (χ4v) is 3.78. The molecule has 0 atom stereocenters. The second-order valence-electron chi connectivity index (χ2n) is 7.14. The first-order chi connectivity index (χ1) is 16.2. The Morgan fingerprint density at radius 3 is 2.14 bits per heavy atom. The number of aryl methyl sites for hydroxylation is 2. The Morgan fingerprint density at radius 1 is 0.892 bits per heavy atom. The summed E-state index contributed by atoms with van der Waals surface area (Å²) in [6, 6.07) is 7.03. The van der Waals surface area contributed by atoms with Crippen molar-refractivity contribution in [2.45, 2.75) is 18.7 Å². The molecule has 0 radical (unpaired) electrons. The molecule has 37 heavy (non-hydrogen) atoms. The number of azo groups is 1. The molecular formula is C19H16F2N6Na2O6S2. The molecule has 186 valence electrons. The van der Waals surface area contributed by atoms with Crippen LogP contribution in [-0.2, 0) is 20.2 Å². The van der Waals surface area contributed by atoms with Gasteiger partial charge in [-0.15, -0.1) is 5.11 Å². The molecule has 0 aliphatic carbocycles. The van der Waals surface area contributed by atoms with Crippen molar-refractivity contribution in [1.82, 2.24) is 9.97 Å². The average Bonchev–Trinajstić information content (AvgIpc) is 2.71. The second-order valence-corrected chi connectivity index (χ2v) is 9.89. The van der Waals surface area contributed by atoms with Crippen molar-refractivity contribution in [3.8, 4) is 0 Å². The fourth-order valence-electron chi connectivity index (χ4n) is 2.86. The van der Waals surface area contributed by atoms with Crippen LogP contribution < -0.4 is 69.7 Å². The maximum Gasteiger partial charge on any atom is 1.00 e. The normalized spacial score (nSPS) is 11.5. The van der Waals surface area contributed by atoms with E-state index in [1.165, 1.54) is 18.2 Å². The Hall–Kier alpha value is -1.60. The predicted molar refractivity (Wildman–Crippen MR) is 118 cm³/mol. The molecule has 0 aliphatic heterocycles. The van der Waals surface area contributed by atoms with E-state index in [-0.39, 0.29) is 82.0 Å². The van der Waals surface area contributed by atoms with Crippen molar-refractivity contribution in [3.05, 3.63) is 59.6 Å². The van der Waals surface area contributed by atoms with Crippen LogP contribution in [0.1, 0.15) is 11.1 Å². The first-order valence-corrected chi connectivity index (χ1v) is 12.5. The minimum absolute atomic E-state index is 0. The van der Waals surface area contributed by atoms with E-state index >= 15 is 0 Å². The molecule has 0 saturated heterocycles. The Morgan fingerprint density at radius 2 is 1.54 bits per heavy atom. The number of anilines is 3. The van der Waals surface area contributed by atoms with Crippen LogP contribution in [0.15, 0.2) is 51.5 Å². The Kier molecular flexibility index (Phi) is 12.2. The van der Waals surface area contributed by atoms with Gasteiger partial charge in [0, 0.05) is 17.4 Å². The topological polar surface area (TPSA) is 189 Å². The number of aromatic nitrogens is 2. The summed E-state index contributed by atoms with van der Waals surface area (Å²) >= 11 is 0. The van der Waals surface area contributed by atoms with Gasteiger partial charge in [-0.25, -0.2) is 16.8 Å². The molecular weight excluding hydrogens is 556 g/mol. The van der Waals surface area contributed by atoms with Gasteiger partial charge in [0.1, 0.15) is 37.6 Å². The van der Waals surface area contributed by atoms with Gasteiger partial charge in [-0.1, -0.05) is 0 Å².